The van der Waals surface area contributed by atoms with E-state index >= 15 is 0 Å². The Morgan fingerprint density at radius 1 is 0.814 bits per heavy atom. The van der Waals surface area contributed by atoms with E-state index in [0.29, 0.717) is 23.7 Å². The van der Waals surface area contributed by atoms with Gasteiger partial charge in [-0.1, -0.05) is 48.5 Å². The highest BCUT2D eigenvalue weighted by Crippen LogP contribution is 2.29. The number of hydrogen-bond donors (Lipinski definition) is 4. The molecule has 0 bridgehead atoms. The van der Waals surface area contributed by atoms with Crippen LogP contribution in [0.25, 0.3) is 22.3 Å². The summed E-state index contributed by atoms with van der Waals surface area (Å²) in [5.74, 6) is -0.0756. The van der Waals surface area contributed by atoms with Crippen molar-refractivity contribution < 1.29 is 39.4 Å². The molecule has 0 saturated carbocycles. The maximum Gasteiger partial charge on any atom is 0.335 e. The molecule has 0 radical (unpaired) electrons. The zero-order valence-electron chi connectivity index (χ0n) is 22.5. The average molecular weight is 586 g/mol. The predicted octanol–water partition coefficient (Wildman–Crippen LogP) is 2.11. The van der Waals surface area contributed by atoms with E-state index in [0.717, 1.165) is 27.0 Å². The Kier molecular flexibility index (Phi) is 7.94. The first kappa shape index (κ1) is 28.2. The summed E-state index contributed by atoms with van der Waals surface area (Å²) in [6.07, 6.45) is -8.58. The number of para-hydroxylation sites is 1. The Morgan fingerprint density at radius 2 is 1.51 bits per heavy atom. The SMILES string of the molecule is O=C(O)[C@H]1OC(n2nnc(-c3ccccc3COc3ccc(OCc4ccc5ccccc5n4)cc3)n2)[C@H](O)[C@@H](O)[C@@H]1O. The zero-order valence-corrected chi connectivity index (χ0v) is 22.5. The van der Waals surface area contributed by atoms with Gasteiger partial charge in [0.1, 0.15) is 43.0 Å². The van der Waals surface area contributed by atoms with Crippen molar-refractivity contribution in [3.05, 3.63) is 96.2 Å². The van der Waals surface area contributed by atoms with Crippen molar-refractivity contribution in [1.82, 2.24) is 25.2 Å². The molecule has 13 heteroatoms. The van der Waals surface area contributed by atoms with E-state index < -0.39 is 36.6 Å². The summed E-state index contributed by atoms with van der Waals surface area (Å²) in [4.78, 5) is 16.9. The molecule has 43 heavy (non-hydrogen) atoms. The largest absolute Gasteiger partial charge is 0.489 e. The lowest BCUT2D eigenvalue weighted by molar-refractivity contribution is -0.251. The standard InChI is InChI=1S/C30H27N5O8/c36-24-25(37)27(30(39)40)43-29(26(24)38)35-33-28(32-34-35)22-7-3-1-6-18(22)15-41-20-11-13-21(14-12-20)42-16-19-10-9-17-5-2-4-8-23(17)31-19/h1-14,24-27,29,36-38H,15-16H2,(H,39,40)/t24-,25-,26+,27-,29?/m0/s1. The smallest absolute Gasteiger partial charge is 0.335 e. The molecule has 0 amide bonds. The number of aliphatic carboxylic acids is 1. The second kappa shape index (κ2) is 12.1. The zero-order chi connectivity index (χ0) is 29.9. The third-order valence-electron chi connectivity index (χ3n) is 7.01. The van der Waals surface area contributed by atoms with Crippen LogP contribution in [0, 0.1) is 0 Å². The van der Waals surface area contributed by atoms with Crippen molar-refractivity contribution in [2.45, 2.75) is 43.9 Å². The van der Waals surface area contributed by atoms with Crippen molar-refractivity contribution in [3.63, 3.8) is 0 Å². The second-order valence-corrected chi connectivity index (χ2v) is 9.89. The number of benzene rings is 3. The minimum Gasteiger partial charge on any atom is -0.489 e. The Bertz CT molecular complexity index is 1730. The van der Waals surface area contributed by atoms with Crippen LogP contribution < -0.4 is 9.47 Å². The minimum absolute atomic E-state index is 0.161. The topological polar surface area (TPSA) is 182 Å². The van der Waals surface area contributed by atoms with Crippen molar-refractivity contribution in [3.8, 4) is 22.9 Å². The quantitative estimate of drug-likeness (QED) is 0.198. The first-order chi connectivity index (χ1) is 20.9. The van der Waals surface area contributed by atoms with Crippen LogP contribution in [0.3, 0.4) is 0 Å². The van der Waals surface area contributed by atoms with Gasteiger partial charge in [-0.3, -0.25) is 0 Å². The second-order valence-electron chi connectivity index (χ2n) is 9.89. The van der Waals surface area contributed by atoms with E-state index in [1.54, 1.807) is 36.4 Å². The predicted molar refractivity (Wildman–Crippen MR) is 150 cm³/mol. The van der Waals surface area contributed by atoms with E-state index in [1.807, 2.05) is 48.5 Å². The number of aromatic nitrogens is 5. The number of carboxylic acid groups (broad SMARTS) is 1. The Balaban J connectivity index is 1.10. The van der Waals surface area contributed by atoms with Crippen LogP contribution in [0.1, 0.15) is 17.5 Å². The molecule has 1 aliphatic heterocycles. The maximum absolute atomic E-state index is 11.4. The molecule has 3 aromatic carbocycles. The van der Waals surface area contributed by atoms with Gasteiger partial charge in [-0.15, -0.1) is 15.0 Å². The molecule has 0 aliphatic carbocycles. The van der Waals surface area contributed by atoms with Crippen molar-refractivity contribution in [2.24, 2.45) is 0 Å². The molecule has 1 unspecified atom stereocenters. The van der Waals surface area contributed by atoms with Crippen LogP contribution in [-0.2, 0) is 22.7 Å². The minimum atomic E-state index is -1.83. The average Bonchev–Trinajstić information content (AvgIpc) is 3.52. The van der Waals surface area contributed by atoms with E-state index in [9.17, 15) is 25.2 Å². The van der Waals surface area contributed by atoms with E-state index in [4.69, 9.17) is 14.2 Å². The maximum atomic E-state index is 11.4. The number of aliphatic hydroxyl groups is 3. The number of tetrazole rings is 1. The monoisotopic (exact) mass is 585 g/mol. The van der Waals surface area contributed by atoms with Gasteiger partial charge in [-0.05, 0) is 41.6 Å². The fourth-order valence-corrected chi connectivity index (χ4v) is 4.70. The van der Waals surface area contributed by atoms with Gasteiger partial charge >= 0.3 is 5.97 Å². The van der Waals surface area contributed by atoms with Crippen LogP contribution in [0.2, 0.25) is 0 Å². The van der Waals surface area contributed by atoms with Crippen molar-refractivity contribution >= 4 is 16.9 Å². The van der Waals surface area contributed by atoms with Crippen LogP contribution in [0.4, 0.5) is 0 Å². The number of aliphatic hydroxyl groups excluding tert-OH is 3. The Labute approximate surface area is 244 Å². The molecular formula is C30H27N5O8. The number of fused-ring (bicyclic) bond motifs is 1. The van der Waals surface area contributed by atoms with Gasteiger partial charge in [0, 0.05) is 16.5 Å². The third kappa shape index (κ3) is 6.01. The molecule has 5 aromatic rings. The molecule has 2 aromatic heterocycles. The lowest BCUT2D eigenvalue weighted by Gasteiger charge is -2.37. The van der Waals surface area contributed by atoms with Gasteiger partial charge in [-0.25, -0.2) is 9.78 Å². The molecule has 5 atom stereocenters. The lowest BCUT2D eigenvalue weighted by atomic mass is 9.98. The summed E-state index contributed by atoms with van der Waals surface area (Å²) >= 11 is 0. The van der Waals surface area contributed by atoms with Crippen LogP contribution in [0.15, 0.2) is 84.9 Å². The third-order valence-corrected chi connectivity index (χ3v) is 7.01. The highest BCUT2D eigenvalue weighted by atomic mass is 16.6. The molecular weight excluding hydrogens is 558 g/mol. The number of nitrogens with zero attached hydrogens (tertiary/aromatic N) is 5. The summed E-state index contributed by atoms with van der Waals surface area (Å²) in [6.45, 7) is 0.492. The molecule has 3 heterocycles. The van der Waals surface area contributed by atoms with Gasteiger partial charge < -0.3 is 34.6 Å². The summed E-state index contributed by atoms with van der Waals surface area (Å²) in [7, 11) is 0. The first-order valence-corrected chi connectivity index (χ1v) is 13.4. The Morgan fingerprint density at radius 3 is 2.28 bits per heavy atom. The van der Waals surface area contributed by atoms with Gasteiger partial charge in [0.15, 0.2) is 6.10 Å². The van der Waals surface area contributed by atoms with Gasteiger partial charge in [0.25, 0.3) is 0 Å². The summed E-state index contributed by atoms with van der Waals surface area (Å²) in [5, 5.41) is 52.9. The molecule has 13 nitrogen and oxygen atoms in total. The lowest BCUT2D eigenvalue weighted by Crippen LogP contribution is -2.58. The molecule has 220 valence electrons. The van der Waals surface area contributed by atoms with Crippen LogP contribution in [0.5, 0.6) is 11.5 Å². The number of carbonyl (C=O) groups is 1. The highest BCUT2D eigenvalue weighted by molar-refractivity contribution is 5.78. The fraction of sp³-hybridized carbons (Fsp3) is 0.233. The molecule has 1 fully saturated rings. The van der Waals surface area contributed by atoms with Crippen molar-refractivity contribution in [1.29, 1.82) is 0 Å². The molecule has 6 rings (SSSR count). The number of hydrogen-bond acceptors (Lipinski definition) is 11. The van der Waals surface area contributed by atoms with E-state index in [2.05, 4.69) is 20.4 Å². The number of carboxylic acids is 1. The van der Waals surface area contributed by atoms with Crippen LogP contribution >= 0.6 is 0 Å². The van der Waals surface area contributed by atoms with Gasteiger partial charge in [0.05, 0.1) is 11.2 Å². The Hall–Kier alpha value is -4.95. The summed E-state index contributed by atoms with van der Waals surface area (Å²) < 4.78 is 17.2. The molecule has 1 saturated heterocycles. The van der Waals surface area contributed by atoms with E-state index in [-0.39, 0.29) is 12.4 Å². The van der Waals surface area contributed by atoms with Gasteiger partial charge in [-0.2, -0.15) is 0 Å². The van der Waals surface area contributed by atoms with Gasteiger partial charge in [0.2, 0.25) is 12.1 Å². The molecule has 0 spiro atoms. The summed E-state index contributed by atoms with van der Waals surface area (Å²) in [6, 6.07) is 26.3. The van der Waals surface area contributed by atoms with Crippen LogP contribution in [-0.4, -0.2) is 76.0 Å². The molecule has 1 aliphatic rings. The number of ether oxygens (including phenoxy) is 3. The molecule has 4 N–H and O–H groups in total. The fourth-order valence-electron chi connectivity index (χ4n) is 4.70. The first-order valence-electron chi connectivity index (χ1n) is 13.4. The number of pyridine rings is 1. The highest BCUT2D eigenvalue weighted by Gasteiger charge is 2.48. The van der Waals surface area contributed by atoms with E-state index in [1.165, 1.54) is 0 Å². The number of rotatable bonds is 9. The van der Waals surface area contributed by atoms with Crippen molar-refractivity contribution in [2.75, 3.05) is 0 Å². The normalized spacial score (nSPS) is 21.9. The summed E-state index contributed by atoms with van der Waals surface area (Å²) in [5.41, 5.74) is 3.04.